The number of halogens is 1. The number of carboxylic acids is 1. The average Bonchev–Trinajstić information content (AvgIpc) is 2.86. The summed E-state index contributed by atoms with van der Waals surface area (Å²) in [6.45, 7) is 0. The Morgan fingerprint density at radius 1 is 1.42 bits per heavy atom. The lowest BCUT2D eigenvalue weighted by Crippen LogP contribution is -2.45. The van der Waals surface area contributed by atoms with Crippen molar-refractivity contribution in [1.82, 2.24) is 15.3 Å². The van der Waals surface area contributed by atoms with E-state index in [4.69, 9.17) is 11.6 Å². The summed E-state index contributed by atoms with van der Waals surface area (Å²) in [6, 6.07) is 6.44. The number of carboxylic acid groups (broad SMARTS) is 1. The Hall–Kier alpha value is -1.85. The number of hydrogen-bond acceptors (Lipinski definition) is 3. The number of H-pyrrole nitrogens is 1. The quantitative estimate of drug-likeness (QED) is 0.781. The lowest BCUT2D eigenvalue weighted by Gasteiger charge is -2.28. The van der Waals surface area contributed by atoms with E-state index in [0.29, 0.717) is 11.4 Å². The summed E-state index contributed by atoms with van der Waals surface area (Å²) < 4.78 is 0. The Labute approximate surface area is 114 Å². The van der Waals surface area contributed by atoms with Gasteiger partial charge in [0.15, 0.2) is 0 Å². The van der Waals surface area contributed by atoms with E-state index < -0.39 is 12.0 Å². The molecule has 0 fully saturated rings. The van der Waals surface area contributed by atoms with Crippen molar-refractivity contribution in [2.45, 2.75) is 18.5 Å². The van der Waals surface area contributed by atoms with Gasteiger partial charge in [0, 0.05) is 17.1 Å². The standard InChI is InChI=1S/C13H12ClN3O2/c14-8-4-2-1-3-7(8)11-12-9(15-6-16-12)5-10(17-11)13(18)19/h1-4,6,10-11,17H,5H2,(H,15,16)(H,18,19)/t10-,11-/m0/s1. The van der Waals surface area contributed by atoms with Crippen molar-refractivity contribution in [2.24, 2.45) is 0 Å². The molecule has 0 spiro atoms. The topological polar surface area (TPSA) is 78.0 Å². The van der Waals surface area contributed by atoms with Gasteiger partial charge in [0.25, 0.3) is 0 Å². The highest BCUT2D eigenvalue weighted by atomic mass is 35.5. The lowest BCUT2D eigenvalue weighted by molar-refractivity contribution is -0.139. The molecule has 1 aromatic carbocycles. The zero-order valence-corrected chi connectivity index (χ0v) is 10.7. The fourth-order valence-corrected chi connectivity index (χ4v) is 2.64. The molecule has 1 aliphatic heterocycles. The SMILES string of the molecule is O=C(O)[C@@H]1Cc2[nH]cnc2[C@H](c2ccccc2Cl)N1. The van der Waals surface area contributed by atoms with Crippen LogP contribution >= 0.6 is 11.6 Å². The second-order valence-corrected chi connectivity index (χ2v) is 4.89. The largest absolute Gasteiger partial charge is 0.480 e. The maximum Gasteiger partial charge on any atom is 0.321 e. The van der Waals surface area contributed by atoms with Crippen LogP contribution in [0.1, 0.15) is 23.0 Å². The molecule has 0 unspecified atom stereocenters. The van der Waals surface area contributed by atoms with E-state index >= 15 is 0 Å². The predicted molar refractivity (Wildman–Crippen MR) is 70.1 cm³/mol. The van der Waals surface area contributed by atoms with E-state index in [1.807, 2.05) is 18.2 Å². The highest BCUT2D eigenvalue weighted by molar-refractivity contribution is 6.31. The zero-order chi connectivity index (χ0) is 13.4. The number of aliphatic carboxylic acids is 1. The Kier molecular flexibility index (Phi) is 3.00. The van der Waals surface area contributed by atoms with Gasteiger partial charge in [-0.05, 0) is 11.6 Å². The van der Waals surface area contributed by atoms with E-state index in [2.05, 4.69) is 15.3 Å². The van der Waals surface area contributed by atoms with E-state index in [1.165, 1.54) is 0 Å². The Bertz CT molecular complexity index is 626. The van der Waals surface area contributed by atoms with Crippen molar-refractivity contribution in [2.75, 3.05) is 0 Å². The molecule has 2 aromatic rings. The minimum absolute atomic E-state index is 0.301. The van der Waals surface area contributed by atoms with Crippen molar-refractivity contribution in [3.05, 3.63) is 52.6 Å². The minimum Gasteiger partial charge on any atom is -0.480 e. The number of imidazole rings is 1. The molecule has 3 rings (SSSR count). The molecular weight excluding hydrogens is 266 g/mol. The van der Waals surface area contributed by atoms with Crippen LogP contribution in [0.3, 0.4) is 0 Å². The van der Waals surface area contributed by atoms with Crippen LogP contribution in [0.4, 0.5) is 0 Å². The Balaban J connectivity index is 2.06. The third-order valence-electron chi connectivity index (χ3n) is 3.32. The van der Waals surface area contributed by atoms with Crippen molar-refractivity contribution in [3.8, 4) is 0 Å². The molecule has 1 aromatic heterocycles. The van der Waals surface area contributed by atoms with Crippen molar-refractivity contribution < 1.29 is 9.90 Å². The minimum atomic E-state index is -0.877. The van der Waals surface area contributed by atoms with Gasteiger partial charge in [-0.2, -0.15) is 0 Å². The fourth-order valence-electron chi connectivity index (χ4n) is 2.39. The van der Waals surface area contributed by atoms with Crippen molar-refractivity contribution >= 4 is 17.6 Å². The Morgan fingerprint density at radius 2 is 2.21 bits per heavy atom. The second-order valence-electron chi connectivity index (χ2n) is 4.48. The normalized spacial score (nSPS) is 21.9. The molecule has 0 amide bonds. The molecule has 0 saturated carbocycles. The summed E-state index contributed by atoms with van der Waals surface area (Å²) in [7, 11) is 0. The monoisotopic (exact) mass is 277 g/mol. The highest BCUT2D eigenvalue weighted by Crippen LogP contribution is 2.32. The number of nitrogens with one attached hydrogen (secondary N) is 2. The first-order valence-electron chi connectivity index (χ1n) is 5.92. The van der Waals surface area contributed by atoms with Gasteiger partial charge in [-0.25, -0.2) is 4.98 Å². The summed E-state index contributed by atoms with van der Waals surface area (Å²) in [5.74, 6) is -0.877. The number of benzene rings is 1. The van der Waals surface area contributed by atoms with Gasteiger partial charge in [0.2, 0.25) is 0 Å². The van der Waals surface area contributed by atoms with E-state index in [0.717, 1.165) is 17.0 Å². The van der Waals surface area contributed by atoms with Crippen LogP contribution in [0.25, 0.3) is 0 Å². The van der Waals surface area contributed by atoms with Gasteiger partial charge >= 0.3 is 5.97 Å². The van der Waals surface area contributed by atoms with Gasteiger partial charge in [-0.1, -0.05) is 29.8 Å². The summed E-state index contributed by atoms with van der Waals surface area (Å²) in [4.78, 5) is 18.5. The van der Waals surface area contributed by atoms with Gasteiger partial charge in [-0.15, -0.1) is 0 Å². The highest BCUT2D eigenvalue weighted by Gasteiger charge is 2.33. The number of nitrogens with zero attached hydrogens (tertiary/aromatic N) is 1. The summed E-state index contributed by atoms with van der Waals surface area (Å²) in [5, 5.41) is 12.9. The zero-order valence-electron chi connectivity index (χ0n) is 9.93. The first kappa shape index (κ1) is 12.2. The molecular formula is C13H12ClN3O2. The van der Waals surface area contributed by atoms with Gasteiger partial charge in [0.05, 0.1) is 18.1 Å². The maximum absolute atomic E-state index is 11.2. The van der Waals surface area contributed by atoms with Crippen LogP contribution in [-0.4, -0.2) is 27.1 Å². The molecule has 98 valence electrons. The lowest BCUT2D eigenvalue weighted by atomic mass is 9.94. The van der Waals surface area contributed by atoms with Crippen LogP contribution in [0, 0.1) is 0 Å². The molecule has 0 aliphatic carbocycles. The van der Waals surface area contributed by atoms with Gasteiger partial charge in [-0.3, -0.25) is 10.1 Å². The summed E-state index contributed by atoms with van der Waals surface area (Å²) >= 11 is 6.19. The molecule has 6 heteroatoms. The predicted octanol–water partition coefficient (Wildman–Crippen LogP) is 1.75. The van der Waals surface area contributed by atoms with Crippen molar-refractivity contribution in [3.63, 3.8) is 0 Å². The number of hydrogen-bond donors (Lipinski definition) is 3. The van der Waals surface area contributed by atoms with Crippen LogP contribution in [0.15, 0.2) is 30.6 Å². The molecule has 0 bridgehead atoms. The van der Waals surface area contributed by atoms with Crippen LogP contribution in [0.2, 0.25) is 5.02 Å². The third kappa shape index (κ3) is 2.11. The van der Waals surface area contributed by atoms with E-state index in [9.17, 15) is 9.90 Å². The molecule has 0 radical (unpaired) electrons. The number of carbonyl (C=O) groups is 1. The fraction of sp³-hybridized carbons (Fsp3) is 0.231. The molecule has 2 atom stereocenters. The van der Waals surface area contributed by atoms with Gasteiger partial charge < -0.3 is 10.1 Å². The van der Waals surface area contributed by atoms with E-state index in [-0.39, 0.29) is 6.04 Å². The smallest absolute Gasteiger partial charge is 0.321 e. The third-order valence-corrected chi connectivity index (χ3v) is 3.66. The first-order valence-corrected chi connectivity index (χ1v) is 6.30. The first-order chi connectivity index (χ1) is 9.16. The van der Waals surface area contributed by atoms with Crippen LogP contribution in [0.5, 0.6) is 0 Å². The number of aromatic amines is 1. The molecule has 19 heavy (non-hydrogen) atoms. The summed E-state index contributed by atoms with van der Waals surface area (Å²) in [6.07, 6.45) is 1.98. The molecule has 5 nitrogen and oxygen atoms in total. The molecule has 0 saturated heterocycles. The maximum atomic E-state index is 11.2. The van der Waals surface area contributed by atoms with E-state index in [1.54, 1.807) is 12.4 Å². The van der Waals surface area contributed by atoms with Gasteiger partial charge in [0.1, 0.15) is 6.04 Å². The summed E-state index contributed by atoms with van der Waals surface area (Å²) in [5.41, 5.74) is 2.49. The molecule has 3 N–H and O–H groups in total. The van der Waals surface area contributed by atoms with Crippen LogP contribution < -0.4 is 5.32 Å². The molecule has 1 aliphatic rings. The Morgan fingerprint density at radius 3 is 2.95 bits per heavy atom. The molecule has 2 heterocycles. The average molecular weight is 278 g/mol. The second kappa shape index (κ2) is 4.68. The number of fused-ring (bicyclic) bond motifs is 1. The van der Waals surface area contributed by atoms with Crippen LogP contribution in [-0.2, 0) is 11.2 Å². The van der Waals surface area contributed by atoms with Crippen molar-refractivity contribution in [1.29, 1.82) is 0 Å². The number of aromatic nitrogens is 2. The number of rotatable bonds is 2.